The SMILES string of the molecule is CC1CCN([C@H](c2cccc(F)c2)c2sc3nc(-c4ccco4)nn3c2O)CC1. The number of thiazole rings is 1. The molecule has 150 valence electrons. The van der Waals surface area contributed by atoms with Crippen LogP contribution in [0.25, 0.3) is 16.5 Å². The summed E-state index contributed by atoms with van der Waals surface area (Å²) >= 11 is 1.38. The Morgan fingerprint density at radius 3 is 2.76 bits per heavy atom. The van der Waals surface area contributed by atoms with Gasteiger partial charge in [-0.3, -0.25) is 4.90 Å². The van der Waals surface area contributed by atoms with Gasteiger partial charge in [0, 0.05) is 0 Å². The molecular weight excluding hydrogens is 391 g/mol. The number of halogens is 1. The Kier molecular flexibility index (Phi) is 4.60. The number of piperidine rings is 1. The molecule has 0 unspecified atom stereocenters. The Bertz CT molecular complexity index is 1130. The zero-order chi connectivity index (χ0) is 20.0. The van der Waals surface area contributed by atoms with Crippen molar-refractivity contribution in [1.29, 1.82) is 0 Å². The van der Waals surface area contributed by atoms with Crippen molar-refractivity contribution >= 4 is 16.3 Å². The Balaban J connectivity index is 1.59. The van der Waals surface area contributed by atoms with Gasteiger partial charge in [0.25, 0.3) is 0 Å². The lowest BCUT2D eigenvalue weighted by atomic mass is 9.95. The first kappa shape index (κ1) is 18.3. The highest BCUT2D eigenvalue weighted by Crippen LogP contribution is 2.41. The van der Waals surface area contributed by atoms with Gasteiger partial charge in [0.05, 0.1) is 17.2 Å². The van der Waals surface area contributed by atoms with Crippen LogP contribution in [0, 0.1) is 11.7 Å². The largest absolute Gasteiger partial charge is 0.492 e. The van der Waals surface area contributed by atoms with Crippen LogP contribution < -0.4 is 0 Å². The number of nitrogens with zero attached hydrogens (tertiary/aromatic N) is 4. The van der Waals surface area contributed by atoms with Crippen molar-refractivity contribution in [2.75, 3.05) is 13.1 Å². The lowest BCUT2D eigenvalue weighted by molar-refractivity contribution is 0.157. The van der Waals surface area contributed by atoms with Crippen molar-refractivity contribution in [1.82, 2.24) is 19.5 Å². The quantitative estimate of drug-likeness (QED) is 0.526. The first-order chi connectivity index (χ1) is 14.1. The van der Waals surface area contributed by atoms with E-state index in [-0.39, 0.29) is 17.7 Å². The van der Waals surface area contributed by atoms with Crippen molar-refractivity contribution in [3.8, 4) is 17.5 Å². The number of likely N-dealkylation sites (tertiary alicyclic amines) is 1. The van der Waals surface area contributed by atoms with Crippen LogP contribution in [0.5, 0.6) is 5.88 Å². The molecule has 0 bridgehead atoms. The Morgan fingerprint density at radius 2 is 2.07 bits per heavy atom. The van der Waals surface area contributed by atoms with Crippen LogP contribution in [0.1, 0.15) is 36.2 Å². The number of benzene rings is 1. The van der Waals surface area contributed by atoms with E-state index in [1.807, 2.05) is 6.07 Å². The second-order valence-electron chi connectivity index (χ2n) is 7.57. The van der Waals surface area contributed by atoms with Crippen LogP contribution in [0.15, 0.2) is 47.1 Å². The summed E-state index contributed by atoms with van der Waals surface area (Å²) in [6, 6.07) is 9.93. The Labute approximate surface area is 171 Å². The number of hydrogen-bond acceptors (Lipinski definition) is 6. The maximum atomic E-state index is 14.0. The fourth-order valence-corrected chi connectivity index (χ4v) is 5.05. The lowest BCUT2D eigenvalue weighted by Gasteiger charge is -2.36. The van der Waals surface area contributed by atoms with Gasteiger partial charge in [-0.25, -0.2) is 4.39 Å². The average Bonchev–Trinajstić information content (AvgIpc) is 3.43. The van der Waals surface area contributed by atoms with E-state index in [1.165, 1.54) is 21.9 Å². The highest BCUT2D eigenvalue weighted by molar-refractivity contribution is 7.17. The van der Waals surface area contributed by atoms with Gasteiger partial charge in [0.1, 0.15) is 5.82 Å². The molecule has 1 atom stereocenters. The van der Waals surface area contributed by atoms with Gasteiger partial charge in [-0.15, -0.1) is 5.10 Å². The van der Waals surface area contributed by atoms with E-state index in [4.69, 9.17) is 4.42 Å². The minimum atomic E-state index is -0.281. The second-order valence-corrected chi connectivity index (χ2v) is 8.58. The van der Waals surface area contributed by atoms with Gasteiger partial charge in [-0.2, -0.15) is 9.50 Å². The third-order valence-corrected chi connectivity index (χ3v) is 6.61. The zero-order valence-electron chi connectivity index (χ0n) is 16.0. The minimum Gasteiger partial charge on any atom is -0.492 e. The van der Waals surface area contributed by atoms with E-state index in [0.717, 1.165) is 36.4 Å². The van der Waals surface area contributed by atoms with Gasteiger partial charge >= 0.3 is 0 Å². The average molecular weight is 412 g/mol. The maximum Gasteiger partial charge on any atom is 0.230 e. The lowest BCUT2D eigenvalue weighted by Crippen LogP contribution is -2.36. The van der Waals surface area contributed by atoms with E-state index in [0.29, 0.717) is 22.5 Å². The van der Waals surface area contributed by atoms with Crippen molar-refractivity contribution < 1.29 is 13.9 Å². The van der Waals surface area contributed by atoms with E-state index in [9.17, 15) is 9.50 Å². The fraction of sp³-hybridized carbons (Fsp3) is 0.333. The topological polar surface area (TPSA) is 66.8 Å². The molecule has 1 fully saturated rings. The number of hydrogen-bond donors (Lipinski definition) is 1. The van der Waals surface area contributed by atoms with Crippen molar-refractivity contribution in [3.63, 3.8) is 0 Å². The maximum absolute atomic E-state index is 14.0. The van der Waals surface area contributed by atoms with Crippen LogP contribution >= 0.6 is 11.3 Å². The summed E-state index contributed by atoms with van der Waals surface area (Å²) in [7, 11) is 0. The third-order valence-electron chi connectivity index (χ3n) is 5.54. The highest BCUT2D eigenvalue weighted by Gasteiger charge is 2.32. The molecule has 1 aliphatic rings. The molecule has 1 saturated heterocycles. The molecule has 4 aromatic rings. The predicted octanol–water partition coefficient (Wildman–Crippen LogP) is 4.72. The number of aromatic nitrogens is 3. The zero-order valence-corrected chi connectivity index (χ0v) is 16.8. The van der Waals surface area contributed by atoms with Crippen molar-refractivity contribution in [3.05, 3.63) is 58.9 Å². The molecule has 8 heteroatoms. The van der Waals surface area contributed by atoms with Gasteiger partial charge in [0.2, 0.25) is 16.7 Å². The molecule has 0 spiro atoms. The van der Waals surface area contributed by atoms with Gasteiger partial charge in [0.15, 0.2) is 5.76 Å². The fourth-order valence-electron chi connectivity index (χ4n) is 3.93. The summed E-state index contributed by atoms with van der Waals surface area (Å²) in [6.45, 7) is 4.05. The molecule has 1 aromatic carbocycles. The molecule has 0 amide bonds. The first-order valence-electron chi connectivity index (χ1n) is 9.72. The van der Waals surface area contributed by atoms with E-state index in [1.54, 1.807) is 30.5 Å². The number of rotatable bonds is 4. The molecule has 0 saturated carbocycles. The Morgan fingerprint density at radius 1 is 1.24 bits per heavy atom. The monoisotopic (exact) mass is 412 g/mol. The van der Waals surface area contributed by atoms with Crippen LogP contribution in [0.2, 0.25) is 0 Å². The smallest absolute Gasteiger partial charge is 0.230 e. The van der Waals surface area contributed by atoms with E-state index in [2.05, 4.69) is 21.9 Å². The van der Waals surface area contributed by atoms with Crippen LogP contribution in [-0.4, -0.2) is 37.7 Å². The molecule has 3 aromatic heterocycles. The normalized spacial score (nSPS) is 17.2. The summed E-state index contributed by atoms with van der Waals surface area (Å²) in [5.74, 6) is 1.41. The summed E-state index contributed by atoms with van der Waals surface area (Å²) < 4.78 is 20.8. The minimum absolute atomic E-state index is 0.0446. The second kappa shape index (κ2) is 7.27. The van der Waals surface area contributed by atoms with Crippen LogP contribution in [-0.2, 0) is 0 Å². The molecule has 29 heavy (non-hydrogen) atoms. The molecule has 6 nitrogen and oxygen atoms in total. The standard InChI is InChI=1S/C21H21FN4O2S/c1-13-7-9-25(10-8-13)17(14-4-2-5-15(22)12-14)18-20(27)26-21(29-18)23-19(24-26)16-6-3-11-28-16/h2-6,11-13,17,27H,7-10H2,1H3/t17-/m1/s1. The molecule has 1 N–H and O–H groups in total. The number of aromatic hydroxyl groups is 1. The summed E-state index contributed by atoms with van der Waals surface area (Å²) in [5.41, 5.74) is 0.825. The molecule has 5 rings (SSSR count). The molecule has 1 aliphatic heterocycles. The van der Waals surface area contributed by atoms with Crippen molar-refractivity contribution in [2.45, 2.75) is 25.8 Å². The van der Waals surface area contributed by atoms with Gasteiger partial charge < -0.3 is 9.52 Å². The summed E-state index contributed by atoms with van der Waals surface area (Å²) in [4.78, 5) is 8.13. The first-order valence-corrected chi connectivity index (χ1v) is 10.5. The van der Waals surface area contributed by atoms with Crippen LogP contribution in [0.4, 0.5) is 4.39 Å². The van der Waals surface area contributed by atoms with Crippen molar-refractivity contribution in [2.24, 2.45) is 5.92 Å². The number of fused-ring (bicyclic) bond motifs is 1. The molecule has 0 aliphatic carbocycles. The summed E-state index contributed by atoms with van der Waals surface area (Å²) in [6.07, 6.45) is 3.72. The molecule has 0 radical (unpaired) electrons. The van der Waals surface area contributed by atoms with E-state index >= 15 is 0 Å². The molecular formula is C21H21FN4O2S. The Hall–Kier alpha value is -2.71. The predicted molar refractivity (Wildman–Crippen MR) is 108 cm³/mol. The molecule has 4 heterocycles. The number of furan rings is 1. The highest BCUT2D eigenvalue weighted by atomic mass is 32.1. The summed E-state index contributed by atoms with van der Waals surface area (Å²) in [5, 5.41) is 15.4. The van der Waals surface area contributed by atoms with Crippen LogP contribution in [0.3, 0.4) is 0 Å². The van der Waals surface area contributed by atoms with Gasteiger partial charge in [-0.1, -0.05) is 30.4 Å². The van der Waals surface area contributed by atoms with Gasteiger partial charge in [-0.05, 0) is 61.7 Å². The van der Waals surface area contributed by atoms with E-state index < -0.39 is 0 Å². The third kappa shape index (κ3) is 3.32.